The van der Waals surface area contributed by atoms with Crippen molar-refractivity contribution in [2.45, 2.75) is 19.6 Å². The number of ether oxygens (including phenoxy) is 1. The Morgan fingerprint density at radius 2 is 1.90 bits per heavy atom. The molecule has 4 rings (SSSR count). The average Bonchev–Trinajstić information content (AvgIpc) is 3.11. The van der Waals surface area contributed by atoms with Gasteiger partial charge in [0.25, 0.3) is 0 Å². The van der Waals surface area contributed by atoms with E-state index in [-0.39, 0.29) is 5.82 Å². The predicted molar refractivity (Wildman–Crippen MR) is 112 cm³/mol. The van der Waals surface area contributed by atoms with Crippen LogP contribution < -0.4 is 10.5 Å². The maximum Gasteiger partial charge on any atom is 0.339 e. The Kier molecular flexibility index (Phi) is 5.08. The number of halogens is 1. The van der Waals surface area contributed by atoms with Gasteiger partial charge in [0.2, 0.25) is 0 Å². The zero-order valence-electron chi connectivity index (χ0n) is 15.6. The molecule has 3 N–H and O–H groups in total. The molecule has 1 unspecified atom stereocenters. The van der Waals surface area contributed by atoms with Crippen LogP contribution in [-0.4, -0.2) is 16.3 Å². The van der Waals surface area contributed by atoms with Gasteiger partial charge < -0.3 is 10.5 Å². The van der Waals surface area contributed by atoms with E-state index in [0.29, 0.717) is 11.7 Å². The van der Waals surface area contributed by atoms with Crippen molar-refractivity contribution < 1.29 is 19.1 Å². The summed E-state index contributed by atoms with van der Waals surface area (Å²) in [5.41, 5.74) is 6.90. The maximum atomic E-state index is 13.1. The van der Waals surface area contributed by atoms with Gasteiger partial charge in [0, 0.05) is 15.5 Å². The Bertz CT molecular complexity index is 1190. The second kappa shape index (κ2) is 7.69. The smallest absolute Gasteiger partial charge is 0.339 e. The van der Waals surface area contributed by atoms with Gasteiger partial charge in [-0.2, -0.15) is 5.06 Å². The molecule has 1 atom stereocenters. The molecule has 2 amide bonds. The standard InChI is InChI=1S/C22H19FN2O3S/c1-13(25(27)22(24)26)16-4-3-7-19-20(16)17-5-2-6-18(21(17)29-19)28-12-14-8-10-15(23)11-9-14/h2-11,13,27H,12H2,1H3,(H2,24,26). The summed E-state index contributed by atoms with van der Waals surface area (Å²) in [5.74, 6) is 0.443. The molecule has 7 heteroatoms. The molecular formula is C22H19FN2O3S. The Morgan fingerprint density at radius 3 is 2.62 bits per heavy atom. The minimum absolute atomic E-state index is 0.282. The number of hydroxylamine groups is 2. The van der Waals surface area contributed by atoms with Crippen LogP contribution in [0.2, 0.25) is 0 Å². The molecular weight excluding hydrogens is 391 g/mol. The molecule has 0 radical (unpaired) electrons. The Morgan fingerprint density at radius 1 is 1.17 bits per heavy atom. The molecule has 0 saturated heterocycles. The fraction of sp³-hybridized carbons (Fsp3) is 0.136. The van der Waals surface area contributed by atoms with Gasteiger partial charge in [0.15, 0.2) is 0 Å². The van der Waals surface area contributed by atoms with Crippen molar-refractivity contribution >= 4 is 37.5 Å². The van der Waals surface area contributed by atoms with E-state index >= 15 is 0 Å². The molecule has 0 bridgehead atoms. The van der Waals surface area contributed by atoms with Crippen LogP contribution in [0.1, 0.15) is 24.1 Å². The largest absolute Gasteiger partial charge is 0.487 e. The van der Waals surface area contributed by atoms with Gasteiger partial charge in [0.05, 0.1) is 10.7 Å². The SMILES string of the molecule is CC(c1cccc2sc3c(OCc4ccc(F)cc4)cccc3c12)N(O)C(N)=O. The van der Waals surface area contributed by atoms with E-state index in [2.05, 4.69) is 0 Å². The van der Waals surface area contributed by atoms with Crippen LogP contribution in [0.4, 0.5) is 9.18 Å². The van der Waals surface area contributed by atoms with Gasteiger partial charge in [-0.3, -0.25) is 5.21 Å². The summed E-state index contributed by atoms with van der Waals surface area (Å²) in [7, 11) is 0. The first-order chi connectivity index (χ1) is 14.0. The third-order valence-corrected chi connectivity index (χ3v) is 6.05. The third kappa shape index (κ3) is 3.62. The van der Waals surface area contributed by atoms with E-state index < -0.39 is 12.1 Å². The second-order valence-electron chi connectivity index (χ2n) is 6.73. The van der Waals surface area contributed by atoms with Gasteiger partial charge in [-0.05, 0) is 42.3 Å². The summed E-state index contributed by atoms with van der Waals surface area (Å²) in [6.45, 7) is 2.04. The topological polar surface area (TPSA) is 75.8 Å². The Hall–Kier alpha value is -3.16. The quantitative estimate of drug-likeness (QED) is 0.332. The lowest BCUT2D eigenvalue weighted by Gasteiger charge is -2.21. The molecule has 148 valence electrons. The molecule has 3 aromatic carbocycles. The number of amides is 2. The Balaban J connectivity index is 1.75. The van der Waals surface area contributed by atoms with Crippen molar-refractivity contribution in [2.24, 2.45) is 5.73 Å². The number of thiophene rings is 1. The number of fused-ring (bicyclic) bond motifs is 3. The number of hydrogen-bond donors (Lipinski definition) is 2. The highest BCUT2D eigenvalue weighted by Crippen LogP contribution is 2.42. The lowest BCUT2D eigenvalue weighted by molar-refractivity contribution is -0.0705. The van der Waals surface area contributed by atoms with Crippen molar-refractivity contribution in [3.63, 3.8) is 0 Å². The highest BCUT2D eigenvalue weighted by molar-refractivity contribution is 7.26. The maximum absolute atomic E-state index is 13.1. The van der Waals surface area contributed by atoms with E-state index in [1.54, 1.807) is 30.4 Å². The van der Waals surface area contributed by atoms with E-state index in [1.807, 2.05) is 36.4 Å². The Labute approximate surface area is 170 Å². The van der Waals surface area contributed by atoms with Crippen molar-refractivity contribution in [1.82, 2.24) is 5.06 Å². The summed E-state index contributed by atoms with van der Waals surface area (Å²) in [6.07, 6.45) is 0. The van der Waals surface area contributed by atoms with E-state index in [1.165, 1.54) is 12.1 Å². The zero-order chi connectivity index (χ0) is 20.5. The number of carbonyl (C=O) groups excluding carboxylic acids is 1. The fourth-order valence-corrected chi connectivity index (χ4v) is 4.58. The minimum atomic E-state index is -0.905. The van der Waals surface area contributed by atoms with Gasteiger partial charge in [-0.25, -0.2) is 9.18 Å². The molecule has 4 aromatic rings. The number of nitrogens with zero attached hydrogens (tertiary/aromatic N) is 1. The van der Waals surface area contributed by atoms with Crippen LogP contribution in [0.5, 0.6) is 5.75 Å². The van der Waals surface area contributed by atoms with Crippen molar-refractivity contribution in [2.75, 3.05) is 0 Å². The fourth-order valence-electron chi connectivity index (χ4n) is 3.38. The predicted octanol–water partition coefficient (Wildman–Crippen LogP) is 5.60. The molecule has 0 aliphatic rings. The molecule has 0 saturated carbocycles. The van der Waals surface area contributed by atoms with Crippen LogP contribution in [0, 0.1) is 5.82 Å². The highest BCUT2D eigenvalue weighted by atomic mass is 32.1. The molecule has 0 aliphatic heterocycles. The molecule has 0 aliphatic carbocycles. The number of primary amides is 1. The summed E-state index contributed by atoms with van der Waals surface area (Å²) in [5, 5.41) is 12.5. The number of carbonyl (C=O) groups is 1. The lowest BCUT2D eigenvalue weighted by atomic mass is 10.0. The first-order valence-electron chi connectivity index (χ1n) is 9.04. The molecule has 0 spiro atoms. The first-order valence-corrected chi connectivity index (χ1v) is 9.86. The van der Waals surface area contributed by atoms with Crippen molar-refractivity contribution in [3.05, 3.63) is 77.6 Å². The molecule has 5 nitrogen and oxygen atoms in total. The summed E-state index contributed by atoms with van der Waals surface area (Å²) in [6, 6.07) is 16.2. The van der Waals surface area contributed by atoms with Crippen LogP contribution in [0.15, 0.2) is 60.7 Å². The van der Waals surface area contributed by atoms with Crippen molar-refractivity contribution in [3.8, 4) is 5.75 Å². The van der Waals surface area contributed by atoms with Gasteiger partial charge in [-0.15, -0.1) is 11.3 Å². The lowest BCUT2D eigenvalue weighted by Crippen LogP contribution is -2.34. The molecule has 1 aromatic heterocycles. The number of benzene rings is 3. The number of rotatable bonds is 5. The van der Waals surface area contributed by atoms with Gasteiger partial charge in [0.1, 0.15) is 18.2 Å². The second-order valence-corrected chi connectivity index (χ2v) is 7.78. The third-order valence-electron chi connectivity index (χ3n) is 4.87. The average molecular weight is 410 g/mol. The number of urea groups is 1. The summed E-state index contributed by atoms with van der Waals surface area (Å²) in [4.78, 5) is 11.4. The van der Waals surface area contributed by atoms with Gasteiger partial charge >= 0.3 is 6.03 Å². The first kappa shape index (κ1) is 19.2. The monoisotopic (exact) mass is 410 g/mol. The van der Waals surface area contributed by atoms with Crippen LogP contribution >= 0.6 is 11.3 Å². The summed E-state index contributed by atoms with van der Waals surface area (Å²) >= 11 is 1.58. The molecule has 1 heterocycles. The van der Waals surface area contributed by atoms with Crippen LogP contribution in [0.3, 0.4) is 0 Å². The van der Waals surface area contributed by atoms with Crippen LogP contribution in [-0.2, 0) is 6.61 Å². The van der Waals surface area contributed by atoms with Crippen molar-refractivity contribution in [1.29, 1.82) is 0 Å². The van der Waals surface area contributed by atoms with Crippen LogP contribution in [0.25, 0.3) is 20.2 Å². The number of nitrogens with two attached hydrogens (primary N) is 1. The zero-order valence-corrected chi connectivity index (χ0v) is 16.4. The van der Waals surface area contributed by atoms with E-state index in [9.17, 15) is 14.4 Å². The molecule has 29 heavy (non-hydrogen) atoms. The van der Waals surface area contributed by atoms with E-state index in [0.717, 1.165) is 37.0 Å². The molecule has 0 fully saturated rings. The highest BCUT2D eigenvalue weighted by Gasteiger charge is 2.22. The van der Waals surface area contributed by atoms with E-state index in [4.69, 9.17) is 10.5 Å². The number of hydrogen-bond acceptors (Lipinski definition) is 4. The summed E-state index contributed by atoms with van der Waals surface area (Å²) < 4.78 is 21.1. The normalized spacial score (nSPS) is 12.2. The minimum Gasteiger partial charge on any atom is -0.487 e. The van der Waals surface area contributed by atoms with Gasteiger partial charge in [-0.1, -0.05) is 36.4 Å².